The third-order valence-corrected chi connectivity index (χ3v) is 6.92. The lowest BCUT2D eigenvalue weighted by Crippen LogP contribution is -2.01. The van der Waals surface area contributed by atoms with Crippen molar-refractivity contribution < 1.29 is 9.47 Å². The summed E-state index contributed by atoms with van der Waals surface area (Å²) in [4.78, 5) is 15.8. The van der Waals surface area contributed by atoms with E-state index in [1.54, 1.807) is 23.9 Å². The minimum absolute atomic E-state index is 0.220. The minimum Gasteiger partial charge on any atom is -0.454 e. The maximum Gasteiger partial charge on any atom is 0.231 e. The highest BCUT2D eigenvalue weighted by atomic mass is 35.5. The summed E-state index contributed by atoms with van der Waals surface area (Å²) in [6.45, 7) is 0.220. The van der Waals surface area contributed by atoms with Crippen molar-refractivity contribution >= 4 is 56.1 Å². The minimum atomic E-state index is 0.220. The number of ether oxygens (including phenoxy) is 2. The van der Waals surface area contributed by atoms with Crippen molar-refractivity contribution in [3.63, 3.8) is 0 Å². The summed E-state index contributed by atoms with van der Waals surface area (Å²) in [5.41, 5.74) is 5.89. The molecule has 1 aliphatic heterocycles. The number of aryl methyl sites for hydroxylation is 2. The van der Waals surface area contributed by atoms with Gasteiger partial charge >= 0.3 is 0 Å². The molecule has 1 aliphatic carbocycles. The van der Waals surface area contributed by atoms with Gasteiger partial charge in [-0.2, -0.15) is 5.10 Å². The van der Waals surface area contributed by atoms with E-state index in [1.165, 1.54) is 23.3 Å². The molecule has 0 saturated heterocycles. The number of benzene rings is 1. The first-order valence-corrected chi connectivity index (χ1v) is 10.9. The number of pyridine rings is 1. The maximum atomic E-state index is 6.38. The van der Waals surface area contributed by atoms with Gasteiger partial charge in [-0.15, -0.1) is 11.3 Å². The number of thiophene rings is 1. The Morgan fingerprint density at radius 3 is 2.90 bits per heavy atom. The van der Waals surface area contributed by atoms with Gasteiger partial charge in [0.25, 0.3) is 0 Å². The molecule has 4 aromatic rings. The zero-order chi connectivity index (χ0) is 20.1. The lowest BCUT2D eigenvalue weighted by molar-refractivity contribution is 0.174. The molecule has 0 radical (unpaired) electrons. The van der Waals surface area contributed by atoms with E-state index in [0.29, 0.717) is 22.2 Å². The monoisotopic (exact) mass is 437 g/mol. The van der Waals surface area contributed by atoms with Gasteiger partial charge in [0.2, 0.25) is 6.79 Å². The van der Waals surface area contributed by atoms with Crippen LogP contribution in [0.1, 0.15) is 28.8 Å². The fourth-order valence-corrected chi connectivity index (χ4v) is 5.41. The maximum absolute atomic E-state index is 6.38. The van der Waals surface area contributed by atoms with Crippen LogP contribution in [0, 0.1) is 0 Å². The van der Waals surface area contributed by atoms with Crippen LogP contribution in [0.25, 0.3) is 21.1 Å². The first kappa shape index (κ1) is 17.9. The van der Waals surface area contributed by atoms with Crippen LogP contribution in [-0.2, 0) is 12.8 Å². The van der Waals surface area contributed by atoms with Crippen molar-refractivity contribution in [2.75, 3.05) is 12.2 Å². The number of nitrogens with zero attached hydrogens (tertiary/aromatic N) is 4. The van der Waals surface area contributed by atoms with Gasteiger partial charge < -0.3 is 9.47 Å². The summed E-state index contributed by atoms with van der Waals surface area (Å²) in [6, 6.07) is 5.66. The Balaban J connectivity index is 1.33. The highest BCUT2D eigenvalue weighted by Gasteiger charge is 2.20. The molecular formula is C21H16ClN5O2S. The molecule has 0 bridgehead atoms. The van der Waals surface area contributed by atoms with Crippen molar-refractivity contribution in [2.45, 2.75) is 25.7 Å². The number of halogens is 1. The van der Waals surface area contributed by atoms with Crippen LogP contribution in [0.4, 0.5) is 5.82 Å². The molecule has 0 saturated carbocycles. The fourth-order valence-electron chi connectivity index (χ4n) is 3.99. The molecule has 1 N–H and O–H groups in total. The van der Waals surface area contributed by atoms with Gasteiger partial charge in [-0.25, -0.2) is 15.0 Å². The second-order valence-electron chi connectivity index (χ2n) is 7.25. The normalized spacial score (nSPS) is 15.2. The van der Waals surface area contributed by atoms with E-state index >= 15 is 0 Å². The zero-order valence-electron chi connectivity index (χ0n) is 15.8. The van der Waals surface area contributed by atoms with E-state index in [2.05, 4.69) is 25.5 Å². The zero-order valence-corrected chi connectivity index (χ0v) is 17.4. The Bertz CT molecular complexity index is 1340. The van der Waals surface area contributed by atoms with Crippen LogP contribution < -0.4 is 14.9 Å². The van der Waals surface area contributed by atoms with Crippen molar-refractivity contribution in [1.29, 1.82) is 0 Å². The standard InChI is InChI=1S/C21H16ClN5O2S/c22-19-12(5-11-6-15-16(29-10-28-15)7-14(11)26-19)8-25-27-20-18-13-3-1-2-4-17(13)30-21(18)24-9-23-20/h5-9H,1-4,10H2,(H,23,24,27). The predicted molar refractivity (Wildman–Crippen MR) is 118 cm³/mol. The lowest BCUT2D eigenvalue weighted by atomic mass is 9.97. The summed E-state index contributed by atoms with van der Waals surface area (Å²) in [7, 11) is 0. The number of anilines is 1. The van der Waals surface area contributed by atoms with E-state index in [-0.39, 0.29) is 6.79 Å². The van der Waals surface area contributed by atoms with Crippen molar-refractivity contribution in [2.24, 2.45) is 5.10 Å². The Morgan fingerprint density at radius 2 is 1.97 bits per heavy atom. The Hall–Kier alpha value is -2.97. The predicted octanol–water partition coefficient (Wildman–Crippen LogP) is 4.95. The smallest absolute Gasteiger partial charge is 0.231 e. The van der Waals surface area contributed by atoms with Gasteiger partial charge in [-0.05, 0) is 43.4 Å². The quantitative estimate of drug-likeness (QED) is 0.277. The number of hydrazone groups is 1. The first-order chi connectivity index (χ1) is 14.8. The molecule has 150 valence electrons. The molecule has 0 fully saturated rings. The number of aromatic nitrogens is 3. The molecule has 2 aliphatic rings. The molecule has 1 aromatic carbocycles. The summed E-state index contributed by atoms with van der Waals surface area (Å²) in [5.74, 6) is 2.11. The van der Waals surface area contributed by atoms with E-state index in [9.17, 15) is 0 Å². The molecule has 30 heavy (non-hydrogen) atoms. The number of hydrogen-bond donors (Lipinski definition) is 1. The third-order valence-electron chi connectivity index (χ3n) is 5.42. The summed E-state index contributed by atoms with van der Waals surface area (Å²) >= 11 is 8.14. The Labute approximate surface area is 180 Å². The molecule has 6 rings (SSSR count). The van der Waals surface area contributed by atoms with Crippen molar-refractivity contribution in [3.8, 4) is 11.5 Å². The van der Waals surface area contributed by atoms with Crippen LogP contribution in [0.2, 0.25) is 5.15 Å². The highest BCUT2D eigenvalue weighted by molar-refractivity contribution is 7.19. The van der Waals surface area contributed by atoms with Crippen molar-refractivity contribution in [3.05, 3.63) is 45.7 Å². The number of fused-ring (bicyclic) bond motifs is 5. The molecule has 9 heteroatoms. The average Bonchev–Trinajstić information content (AvgIpc) is 3.36. The number of hydrogen-bond acceptors (Lipinski definition) is 8. The van der Waals surface area contributed by atoms with Gasteiger partial charge in [0.15, 0.2) is 17.3 Å². The van der Waals surface area contributed by atoms with Gasteiger partial charge in [-0.1, -0.05) is 11.6 Å². The van der Waals surface area contributed by atoms with E-state index in [1.807, 2.05) is 18.2 Å². The van der Waals surface area contributed by atoms with Gasteiger partial charge in [-0.3, -0.25) is 5.43 Å². The molecule has 0 amide bonds. The van der Waals surface area contributed by atoms with Crippen LogP contribution >= 0.6 is 22.9 Å². The molecule has 0 atom stereocenters. The summed E-state index contributed by atoms with van der Waals surface area (Å²) in [5, 5.41) is 6.75. The average molecular weight is 438 g/mol. The Morgan fingerprint density at radius 1 is 1.10 bits per heavy atom. The van der Waals surface area contributed by atoms with E-state index in [4.69, 9.17) is 21.1 Å². The third kappa shape index (κ3) is 2.95. The lowest BCUT2D eigenvalue weighted by Gasteiger charge is -2.11. The molecule has 0 unspecified atom stereocenters. The fraction of sp³-hybridized carbons (Fsp3) is 0.238. The second kappa shape index (κ2) is 7.07. The highest BCUT2D eigenvalue weighted by Crippen LogP contribution is 2.38. The van der Waals surface area contributed by atoms with Crippen LogP contribution in [-0.4, -0.2) is 28.0 Å². The summed E-state index contributed by atoms with van der Waals surface area (Å²) < 4.78 is 10.9. The SMILES string of the molecule is Clc1nc2cc3c(cc2cc1C=NNc1ncnc2sc4c(c12)CCCC4)OCO3. The van der Waals surface area contributed by atoms with Crippen molar-refractivity contribution in [1.82, 2.24) is 15.0 Å². The van der Waals surface area contributed by atoms with E-state index < -0.39 is 0 Å². The topological polar surface area (TPSA) is 81.5 Å². The van der Waals surface area contributed by atoms with E-state index in [0.717, 1.165) is 39.8 Å². The van der Waals surface area contributed by atoms with Crippen LogP contribution in [0.5, 0.6) is 11.5 Å². The van der Waals surface area contributed by atoms with Gasteiger partial charge in [0.05, 0.1) is 17.1 Å². The van der Waals surface area contributed by atoms with Gasteiger partial charge in [0.1, 0.15) is 16.3 Å². The number of nitrogens with one attached hydrogen (secondary N) is 1. The molecule has 0 spiro atoms. The van der Waals surface area contributed by atoms with Crippen LogP contribution in [0.15, 0.2) is 29.6 Å². The largest absolute Gasteiger partial charge is 0.454 e. The number of rotatable bonds is 3. The Kier molecular flexibility index (Phi) is 4.21. The summed E-state index contributed by atoms with van der Waals surface area (Å²) in [6.07, 6.45) is 7.87. The second-order valence-corrected chi connectivity index (χ2v) is 8.69. The molecule has 7 nitrogen and oxygen atoms in total. The molecule has 3 aromatic heterocycles. The van der Waals surface area contributed by atoms with Gasteiger partial charge in [0, 0.05) is 21.9 Å². The first-order valence-electron chi connectivity index (χ1n) is 9.70. The van der Waals surface area contributed by atoms with Crippen LogP contribution in [0.3, 0.4) is 0 Å². The molecule has 4 heterocycles. The molecular weight excluding hydrogens is 422 g/mol.